The highest BCUT2D eigenvalue weighted by atomic mass is 16.5. The first-order chi connectivity index (χ1) is 13.2. The summed E-state index contributed by atoms with van der Waals surface area (Å²) in [6.45, 7) is 0.176. The van der Waals surface area contributed by atoms with Crippen molar-refractivity contribution in [1.82, 2.24) is 10.6 Å². The highest BCUT2D eigenvalue weighted by Gasteiger charge is 2.25. The molecule has 1 unspecified atom stereocenters. The molecule has 0 heterocycles. The van der Waals surface area contributed by atoms with E-state index in [0.29, 0.717) is 6.42 Å². The maximum atomic E-state index is 12.7. The topological polar surface area (TPSA) is 67.4 Å². The predicted molar refractivity (Wildman–Crippen MR) is 104 cm³/mol. The van der Waals surface area contributed by atoms with E-state index in [1.807, 2.05) is 60.7 Å². The Labute approximate surface area is 160 Å². The molecule has 0 bridgehead atoms. The fourth-order valence-corrected chi connectivity index (χ4v) is 3.34. The van der Waals surface area contributed by atoms with Gasteiger partial charge in [-0.1, -0.05) is 73.5 Å². The molecule has 2 N–H and O–H groups in total. The Bertz CT molecular complexity index is 728. The average Bonchev–Trinajstić information content (AvgIpc) is 3.20. The lowest BCUT2D eigenvalue weighted by atomic mass is 10.0. The summed E-state index contributed by atoms with van der Waals surface area (Å²) in [5, 5.41) is 5.81. The molecular formula is C22H26N2O3. The number of hydrogen-bond acceptors (Lipinski definition) is 3. The van der Waals surface area contributed by atoms with Crippen LogP contribution in [0.3, 0.4) is 0 Å². The Morgan fingerprint density at radius 3 is 2.15 bits per heavy atom. The van der Waals surface area contributed by atoms with E-state index < -0.39 is 12.1 Å². The van der Waals surface area contributed by atoms with E-state index >= 15 is 0 Å². The second kappa shape index (κ2) is 9.76. The van der Waals surface area contributed by atoms with E-state index in [1.165, 1.54) is 0 Å². The maximum Gasteiger partial charge on any atom is 0.408 e. The summed E-state index contributed by atoms with van der Waals surface area (Å²) < 4.78 is 5.29. The molecule has 2 amide bonds. The Balaban J connectivity index is 1.59. The Morgan fingerprint density at radius 1 is 0.926 bits per heavy atom. The Morgan fingerprint density at radius 2 is 1.52 bits per heavy atom. The smallest absolute Gasteiger partial charge is 0.408 e. The van der Waals surface area contributed by atoms with E-state index in [4.69, 9.17) is 4.74 Å². The molecule has 0 spiro atoms. The van der Waals surface area contributed by atoms with Crippen molar-refractivity contribution in [2.45, 2.75) is 50.8 Å². The van der Waals surface area contributed by atoms with E-state index in [1.54, 1.807) is 0 Å². The minimum atomic E-state index is -0.656. The Hall–Kier alpha value is -2.82. The summed E-state index contributed by atoms with van der Waals surface area (Å²) in [4.78, 5) is 25.0. The van der Waals surface area contributed by atoms with Crippen molar-refractivity contribution in [2.75, 3.05) is 0 Å². The number of alkyl carbamates (subject to hydrolysis) is 1. The van der Waals surface area contributed by atoms with Crippen LogP contribution >= 0.6 is 0 Å². The molecule has 0 aromatic heterocycles. The van der Waals surface area contributed by atoms with Crippen molar-refractivity contribution in [3.8, 4) is 0 Å². The van der Waals surface area contributed by atoms with Gasteiger partial charge in [0.1, 0.15) is 12.6 Å². The summed E-state index contributed by atoms with van der Waals surface area (Å²) in [5.41, 5.74) is 1.90. The molecule has 2 aromatic carbocycles. The molecule has 0 saturated heterocycles. The molecular weight excluding hydrogens is 340 g/mol. The van der Waals surface area contributed by atoms with E-state index in [0.717, 1.165) is 36.8 Å². The van der Waals surface area contributed by atoms with Crippen molar-refractivity contribution in [1.29, 1.82) is 0 Å². The van der Waals surface area contributed by atoms with Gasteiger partial charge in [0.05, 0.1) is 0 Å². The van der Waals surface area contributed by atoms with Gasteiger partial charge in [-0.05, 0) is 24.0 Å². The summed E-state index contributed by atoms with van der Waals surface area (Å²) >= 11 is 0. The fraction of sp³-hybridized carbons (Fsp3) is 0.364. The second-order valence-corrected chi connectivity index (χ2v) is 6.94. The summed E-state index contributed by atoms with van der Waals surface area (Å²) in [7, 11) is 0. The van der Waals surface area contributed by atoms with Gasteiger partial charge in [0.2, 0.25) is 5.91 Å². The Kier molecular flexibility index (Phi) is 6.85. The number of ether oxygens (including phenoxy) is 1. The van der Waals surface area contributed by atoms with Gasteiger partial charge in [-0.15, -0.1) is 0 Å². The van der Waals surface area contributed by atoms with Gasteiger partial charge in [0.25, 0.3) is 0 Å². The third-order valence-electron chi connectivity index (χ3n) is 4.81. The van der Waals surface area contributed by atoms with Gasteiger partial charge in [0.15, 0.2) is 0 Å². The first kappa shape index (κ1) is 19.0. The van der Waals surface area contributed by atoms with Crippen LogP contribution < -0.4 is 10.6 Å². The van der Waals surface area contributed by atoms with Crippen molar-refractivity contribution in [2.24, 2.45) is 0 Å². The maximum absolute atomic E-state index is 12.7. The molecule has 2 aromatic rings. The molecule has 1 saturated carbocycles. The van der Waals surface area contributed by atoms with E-state index in [2.05, 4.69) is 10.6 Å². The van der Waals surface area contributed by atoms with Crippen LogP contribution in [0.1, 0.15) is 36.8 Å². The van der Waals surface area contributed by atoms with Gasteiger partial charge in [-0.2, -0.15) is 0 Å². The molecule has 1 atom stereocenters. The molecule has 0 aliphatic heterocycles. The average molecular weight is 366 g/mol. The van der Waals surface area contributed by atoms with Crippen molar-refractivity contribution in [3.63, 3.8) is 0 Å². The van der Waals surface area contributed by atoms with Crippen LogP contribution in [0.5, 0.6) is 0 Å². The molecule has 3 rings (SSSR count). The molecule has 1 fully saturated rings. The van der Waals surface area contributed by atoms with Crippen LogP contribution in [-0.2, 0) is 22.6 Å². The van der Waals surface area contributed by atoms with Crippen LogP contribution in [0.25, 0.3) is 0 Å². The molecule has 1 aliphatic rings. The standard InChI is InChI=1S/C22H26N2O3/c25-21(23-19-13-7-8-14-19)20(15-17-9-3-1-4-10-17)24-22(26)27-16-18-11-5-2-6-12-18/h1-6,9-12,19-20H,7-8,13-16H2,(H,23,25)(H,24,26). The highest BCUT2D eigenvalue weighted by molar-refractivity contribution is 5.86. The van der Waals surface area contributed by atoms with Gasteiger partial charge in [0, 0.05) is 12.5 Å². The molecule has 142 valence electrons. The van der Waals surface area contributed by atoms with Crippen molar-refractivity contribution >= 4 is 12.0 Å². The molecule has 5 nitrogen and oxygen atoms in total. The van der Waals surface area contributed by atoms with E-state index in [-0.39, 0.29) is 18.6 Å². The van der Waals surface area contributed by atoms with Crippen LogP contribution in [0.15, 0.2) is 60.7 Å². The van der Waals surface area contributed by atoms with Gasteiger partial charge < -0.3 is 15.4 Å². The van der Waals surface area contributed by atoms with Crippen LogP contribution in [-0.4, -0.2) is 24.1 Å². The summed E-state index contributed by atoms with van der Waals surface area (Å²) in [5.74, 6) is -0.151. The fourth-order valence-electron chi connectivity index (χ4n) is 3.34. The van der Waals surface area contributed by atoms with Crippen molar-refractivity contribution in [3.05, 3.63) is 71.8 Å². The lowest BCUT2D eigenvalue weighted by Gasteiger charge is -2.21. The summed E-state index contributed by atoms with van der Waals surface area (Å²) in [6, 6.07) is 18.7. The largest absolute Gasteiger partial charge is 0.445 e. The zero-order chi connectivity index (χ0) is 18.9. The molecule has 0 radical (unpaired) electrons. The van der Waals surface area contributed by atoms with Gasteiger partial charge >= 0.3 is 6.09 Å². The third-order valence-corrected chi connectivity index (χ3v) is 4.81. The number of hydrogen-bond donors (Lipinski definition) is 2. The normalized spacial score (nSPS) is 15.1. The van der Waals surface area contributed by atoms with Crippen LogP contribution in [0.4, 0.5) is 4.79 Å². The number of nitrogens with one attached hydrogen (secondary N) is 2. The zero-order valence-electron chi connectivity index (χ0n) is 15.4. The molecule has 5 heteroatoms. The lowest BCUT2D eigenvalue weighted by Crippen LogP contribution is -2.50. The quantitative estimate of drug-likeness (QED) is 0.787. The predicted octanol–water partition coefficient (Wildman–Crippen LogP) is 3.58. The zero-order valence-corrected chi connectivity index (χ0v) is 15.4. The number of carbonyl (C=O) groups is 2. The van der Waals surface area contributed by atoms with Gasteiger partial charge in [-0.3, -0.25) is 4.79 Å². The third kappa shape index (κ3) is 6.13. The summed E-state index contributed by atoms with van der Waals surface area (Å²) in [6.07, 6.45) is 4.13. The number of benzene rings is 2. The minimum Gasteiger partial charge on any atom is -0.445 e. The van der Waals surface area contributed by atoms with Crippen molar-refractivity contribution < 1.29 is 14.3 Å². The molecule has 1 aliphatic carbocycles. The monoisotopic (exact) mass is 366 g/mol. The van der Waals surface area contributed by atoms with E-state index in [9.17, 15) is 9.59 Å². The lowest BCUT2D eigenvalue weighted by molar-refractivity contribution is -0.123. The SMILES string of the molecule is O=C(NC(Cc1ccccc1)C(=O)NC1CCCC1)OCc1ccccc1. The van der Waals surface area contributed by atoms with Crippen LogP contribution in [0, 0.1) is 0 Å². The van der Waals surface area contributed by atoms with Gasteiger partial charge in [-0.25, -0.2) is 4.79 Å². The molecule has 27 heavy (non-hydrogen) atoms. The first-order valence-electron chi connectivity index (χ1n) is 9.52. The first-order valence-corrected chi connectivity index (χ1v) is 9.52. The number of carbonyl (C=O) groups excluding carboxylic acids is 2. The number of rotatable bonds is 7. The number of amides is 2. The minimum absolute atomic E-state index is 0.151. The second-order valence-electron chi connectivity index (χ2n) is 6.94. The highest BCUT2D eigenvalue weighted by Crippen LogP contribution is 2.18. The van der Waals surface area contributed by atoms with Crippen LogP contribution in [0.2, 0.25) is 0 Å².